The highest BCUT2D eigenvalue weighted by molar-refractivity contribution is 9.11. The van der Waals surface area contributed by atoms with Crippen molar-refractivity contribution >= 4 is 37.4 Å². The van der Waals surface area contributed by atoms with Gasteiger partial charge in [0, 0.05) is 12.3 Å². The molecule has 0 atom stereocenters. The second-order valence-corrected chi connectivity index (χ2v) is 7.23. The Morgan fingerprint density at radius 3 is 1.50 bits per heavy atom. The van der Waals surface area contributed by atoms with Crippen LogP contribution in [0.5, 0.6) is 0 Å². The van der Waals surface area contributed by atoms with Crippen LogP contribution >= 0.6 is 31.4 Å². The van der Waals surface area contributed by atoms with Crippen LogP contribution in [0.15, 0.2) is 10.8 Å². The van der Waals surface area contributed by atoms with Crippen LogP contribution in [-0.2, 0) is 4.79 Å². The lowest BCUT2D eigenvalue weighted by Crippen LogP contribution is -2.32. The van der Waals surface area contributed by atoms with Crippen LogP contribution in [-0.4, -0.2) is 46.2 Å². The molecule has 0 aromatic heterocycles. The zero-order chi connectivity index (χ0) is 14.4. The van der Waals surface area contributed by atoms with Gasteiger partial charge in [0.1, 0.15) is 0 Å². The van der Waals surface area contributed by atoms with Crippen LogP contribution in [0.25, 0.3) is 0 Å². The van der Waals surface area contributed by atoms with E-state index in [2.05, 4.69) is 10.8 Å². The zero-order valence-electron chi connectivity index (χ0n) is 10.4. The summed E-state index contributed by atoms with van der Waals surface area (Å²) in [6.45, 7) is 2.44. The quantitative estimate of drug-likeness (QED) is 0.584. The number of hydrogen-bond donors (Lipinski definition) is 4. The summed E-state index contributed by atoms with van der Waals surface area (Å²) in [5.41, 5.74) is -0.667. The molecule has 0 saturated carbocycles. The number of carboxylic acid groups (broad SMARTS) is 1. The van der Waals surface area contributed by atoms with Crippen LogP contribution in [0.2, 0.25) is 0 Å². The summed E-state index contributed by atoms with van der Waals surface area (Å²) >= 11 is 0. The predicted octanol–water partition coefficient (Wildman–Crippen LogP) is 1.95. The first-order chi connectivity index (χ1) is 8.47. The van der Waals surface area contributed by atoms with Crippen LogP contribution < -0.4 is 0 Å². The first kappa shape index (κ1) is 20.5. The first-order valence-corrected chi connectivity index (χ1v) is 8.75. The molecule has 108 valence electrons. The zero-order valence-corrected chi connectivity index (χ0v) is 12.9. The van der Waals surface area contributed by atoms with E-state index in [4.69, 9.17) is 25.2 Å². The van der Waals surface area contributed by atoms with Crippen molar-refractivity contribution in [3.8, 4) is 0 Å². The lowest BCUT2D eigenvalue weighted by Gasteiger charge is -2.24. The molecule has 0 unspecified atom stereocenters. The van der Waals surface area contributed by atoms with Gasteiger partial charge in [-0.15, -0.1) is 0 Å². The molecular formula is C10H20O5S3. The highest BCUT2D eigenvalue weighted by atomic mass is 33.5. The molecule has 0 aromatic rings. The number of aliphatic hydroxyl groups excluding tert-OH is 3. The van der Waals surface area contributed by atoms with Crippen molar-refractivity contribution in [2.45, 2.75) is 20.3 Å². The maximum absolute atomic E-state index is 9.00. The molecule has 1 aliphatic heterocycles. The van der Waals surface area contributed by atoms with Crippen LogP contribution in [0.3, 0.4) is 0 Å². The third kappa shape index (κ3) is 12.6. The molecule has 0 radical (unpaired) electrons. The lowest BCUT2D eigenvalue weighted by molar-refractivity contribution is -0.134. The maximum Gasteiger partial charge on any atom is 0.300 e. The fourth-order valence-corrected chi connectivity index (χ4v) is 3.55. The van der Waals surface area contributed by atoms with E-state index in [0.717, 1.165) is 6.92 Å². The van der Waals surface area contributed by atoms with Gasteiger partial charge in [-0.1, -0.05) is 28.5 Å². The third-order valence-electron chi connectivity index (χ3n) is 2.00. The summed E-state index contributed by atoms with van der Waals surface area (Å²) in [5.74, 6) is -0.833. The topological polar surface area (TPSA) is 98.0 Å². The molecule has 8 heteroatoms. The molecule has 0 spiro atoms. The van der Waals surface area contributed by atoms with Crippen molar-refractivity contribution in [3.63, 3.8) is 0 Å². The molecule has 0 fully saturated rings. The van der Waals surface area contributed by atoms with Gasteiger partial charge >= 0.3 is 0 Å². The lowest BCUT2D eigenvalue weighted by atomic mass is 9.88. The fourth-order valence-electron chi connectivity index (χ4n) is 0.599. The molecular weight excluding hydrogens is 296 g/mol. The van der Waals surface area contributed by atoms with Gasteiger partial charge in [-0.2, -0.15) is 0 Å². The van der Waals surface area contributed by atoms with Crippen molar-refractivity contribution in [2.75, 3.05) is 19.8 Å². The molecule has 5 nitrogen and oxygen atoms in total. The third-order valence-corrected chi connectivity index (χ3v) is 5.38. The highest BCUT2D eigenvalue weighted by Crippen LogP contribution is 2.42. The molecule has 4 N–H and O–H groups in total. The minimum Gasteiger partial charge on any atom is -0.481 e. The fraction of sp³-hybridized carbons (Fsp3) is 0.700. The normalized spacial score (nSPS) is 13.2. The van der Waals surface area contributed by atoms with Gasteiger partial charge in [0.15, 0.2) is 0 Å². The maximum atomic E-state index is 9.00. The smallest absolute Gasteiger partial charge is 0.300 e. The molecule has 0 bridgehead atoms. The minimum atomic E-state index is -0.833. The average Bonchev–Trinajstić information content (AvgIpc) is 2.91. The number of carbonyl (C=O) groups is 1. The monoisotopic (exact) mass is 316 g/mol. The predicted molar refractivity (Wildman–Crippen MR) is 79.2 cm³/mol. The van der Waals surface area contributed by atoms with Gasteiger partial charge in [0.2, 0.25) is 0 Å². The SMILES string of the molecule is C1=CSSS1.CC(=O)O.CCC(CO)(CO)CO. The number of aliphatic carboxylic acids is 1. The Balaban J connectivity index is 0. The van der Waals surface area contributed by atoms with Gasteiger partial charge in [-0.3, -0.25) is 4.79 Å². The van der Waals surface area contributed by atoms with Crippen LogP contribution in [0.4, 0.5) is 0 Å². The minimum absolute atomic E-state index is 0.156. The summed E-state index contributed by atoms with van der Waals surface area (Å²) in [5, 5.41) is 37.5. The second kappa shape index (κ2) is 13.6. The number of hydrogen-bond acceptors (Lipinski definition) is 7. The van der Waals surface area contributed by atoms with Crippen molar-refractivity contribution in [3.05, 3.63) is 10.8 Å². The summed E-state index contributed by atoms with van der Waals surface area (Å²) < 4.78 is 0. The Labute approximate surface area is 119 Å². The van der Waals surface area contributed by atoms with Crippen LogP contribution in [0, 0.1) is 5.41 Å². The van der Waals surface area contributed by atoms with Gasteiger partial charge in [0.25, 0.3) is 5.97 Å². The highest BCUT2D eigenvalue weighted by Gasteiger charge is 2.24. The Morgan fingerprint density at radius 2 is 1.44 bits per heavy atom. The summed E-state index contributed by atoms with van der Waals surface area (Å²) in [6.07, 6.45) is 0.594. The number of carboxylic acids is 1. The van der Waals surface area contributed by atoms with E-state index in [1.807, 2.05) is 6.92 Å². The molecule has 1 heterocycles. The number of aliphatic hydroxyl groups is 3. The Morgan fingerprint density at radius 1 is 1.11 bits per heavy atom. The van der Waals surface area contributed by atoms with Crippen molar-refractivity contribution in [1.29, 1.82) is 0 Å². The van der Waals surface area contributed by atoms with Crippen LogP contribution in [0.1, 0.15) is 20.3 Å². The Bertz CT molecular complexity index is 204. The Hall–Kier alpha value is 0.140. The van der Waals surface area contributed by atoms with Gasteiger partial charge in [-0.25, -0.2) is 0 Å². The van der Waals surface area contributed by atoms with Crippen molar-refractivity contribution in [1.82, 2.24) is 0 Å². The standard InChI is InChI=1S/C6H14O3.C2H4O2.C2H2S3/c1-2-6(3-7,4-8)5-9;1-2(3)4;1-2-4-5-3-1/h7-9H,2-5H2,1H3;1H3,(H,3,4);1-2H. The largest absolute Gasteiger partial charge is 0.481 e. The molecule has 0 aromatic carbocycles. The van der Waals surface area contributed by atoms with E-state index in [0.29, 0.717) is 6.42 Å². The molecule has 0 amide bonds. The van der Waals surface area contributed by atoms with E-state index in [1.54, 1.807) is 31.4 Å². The van der Waals surface area contributed by atoms with E-state index < -0.39 is 11.4 Å². The van der Waals surface area contributed by atoms with Gasteiger partial charge in [0.05, 0.1) is 19.8 Å². The van der Waals surface area contributed by atoms with E-state index in [1.165, 1.54) is 0 Å². The molecule has 1 rings (SSSR count). The van der Waals surface area contributed by atoms with Gasteiger partial charge < -0.3 is 20.4 Å². The van der Waals surface area contributed by atoms with Gasteiger partial charge in [-0.05, 0) is 27.1 Å². The summed E-state index contributed by atoms with van der Waals surface area (Å²) in [6, 6.07) is 0. The summed E-state index contributed by atoms with van der Waals surface area (Å²) in [7, 11) is 5.34. The Kier molecular flexibility index (Phi) is 15.4. The number of rotatable bonds is 4. The summed E-state index contributed by atoms with van der Waals surface area (Å²) in [4.78, 5) is 9.00. The van der Waals surface area contributed by atoms with E-state index in [-0.39, 0.29) is 19.8 Å². The van der Waals surface area contributed by atoms with E-state index >= 15 is 0 Å². The second-order valence-electron chi connectivity index (χ2n) is 3.38. The van der Waals surface area contributed by atoms with E-state index in [9.17, 15) is 0 Å². The molecule has 18 heavy (non-hydrogen) atoms. The molecule has 0 saturated heterocycles. The first-order valence-electron chi connectivity index (χ1n) is 5.14. The molecule has 0 aliphatic carbocycles. The average molecular weight is 316 g/mol. The van der Waals surface area contributed by atoms with Crippen molar-refractivity contribution < 1.29 is 25.2 Å². The molecule has 1 aliphatic rings. The van der Waals surface area contributed by atoms with Crippen molar-refractivity contribution in [2.24, 2.45) is 5.41 Å².